The summed E-state index contributed by atoms with van der Waals surface area (Å²) in [6.07, 6.45) is 2.60. The number of carbonyl (C=O) groups is 4. The normalized spacial score (nSPS) is 11.6. The fourth-order valence-electron chi connectivity index (χ4n) is 0.790. The third kappa shape index (κ3) is 28.8. The molecule has 0 rings (SSSR count). The van der Waals surface area contributed by atoms with Crippen molar-refractivity contribution in [2.24, 2.45) is 28.7 Å². The van der Waals surface area contributed by atoms with E-state index in [-0.39, 0.29) is 12.8 Å². The fraction of sp³-hybridized carbons (Fsp3) is 0.636. The van der Waals surface area contributed by atoms with Crippen LogP contribution in [0.4, 0.5) is 4.79 Å². The van der Waals surface area contributed by atoms with Crippen LogP contribution in [-0.2, 0) is 14.4 Å². The molecule has 0 saturated carbocycles. The van der Waals surface area contributed by atoms with Crippen LogP contribution < -0.4 is 28.7 Å². The van der Waals surface area contributed by atoms with Gasteiger partial charge < -0.3 is 38.9 Å². The molecule has 12 N–H and O–H groups in total. The monoisotopic (exact) mass is 355 g/mol. The maximum Gasteiger partial charge on any atom is 0.320 e. The van der Waals surface area contributed by atoms with Crippen molar-refractivity contribution >= 4 is 35.6 Å². The number of nitrogens with two attached hydrogens (primary N) is 5. The molecule has 0 heterocycles. The molecule has 2 unspecified atom stereocenters. The number of urea groups is 1. The van der Waals surface area contributed by atoms with Crippen LogP contribution in [0.15, 0.2) is 0 Å². The molecule has 3 amide bonds. The summed E-state index contributed by atoms with van der Waals surface area (Å²) in [5.41, 5.74) is 23.5. The first-order chi connectivity index (χ1) is 10.4. The van der Waals surface area contributed by atoms with Gasteiger partial charge in [0.1, 0.15) is 12.1 Å². The molecule has 0 aliphatic heterocycles. The molecule has 0 aliphatic carbocycles. The lowest BCUT2D eigenvalue weighted by atomic mass is 10.2. The third-order valence-corrected chi connectivity index (χ3v) is 2.61. The SMILES string of the molecule is CSCCC(N)C(=O)O.NC(=O)CCC(N)C(=O)O.NC(N)=O. The van der Waals surface area contributed by atoms with Crippen LogP contribution in [0.1, 0.15) is 19.3 Å². The van der Waals surface area contributed by atoms with Crippen LogP contribution in [0.5, 0.6) is 0 Å². The second kappa shape index (κ2) is 16.3. The van der Waals surface area contributed by atoms with E-state index in [0.29, 0.717) is 6.42 Å². The number of thioether (sulfide) groups is 1. The summed E-state index contributed by atoms with van der Waals surface area (Å²) >= 11 is 1.60. The summed E-state index contributed by atoms with van der Waals surface area (Å²) in [5.74, 6) is -1.74. The Morgan fingerprint density at radius 1 is 0.913 bits per heavy atom. The molecule has 0 saturated heterocycles. The summed E-state index contributed by atoms with van der Waals surface area (Å²) in [4.78, 5) is 39.2. The summed E-state index contributed by atoms with van der Waals surface area (Å²) in [5, 5.41) is 16.5. The van der Waals surface area contributed by atoms with Gasteiger partial charge in [0.2, 0.25) is 5.91 Å². The highest BCUT2D eigenvalue weighted by Gasteiger charge is 2.11. The Morgan fingerprint density at radius 2 is 1.26 bits per heavy atom. The fourth-order valence-corrected chi connectivity index (χ4v) is 1.28. The molecule has 2 atom stereocenters. The lowest BCUT2D eigenvalue weighted by molar-refractivity contribution is -0.139. The van der Waals surface area contributed by atoms with Crippen LogP contribution >= 0.6 is 11.8 Å². The zero-order valence-electron chi connectivity index (χ0n) is 12.8. The third-order valence-electron chi connectivity index (χ3n) is 1.97. The molecule has 136 valence electrons. The molecule has 0 radical (unpaired) electrons. The van der Waals surface area contributed by atoms with Gasteiger partial charge in [0.05, 0.1) is 0 Å². The molecule has 12 heteroatoms. The van der Waals surface area contributed by atoms with Crippen molar-refractivity contribution in [2.45, 2.75) is 31.3 Å². The van der Waals surface area contributed by atoms with E-state index in [0.717, 1.165) is 5.75 Å². The van der Waals surface area contributed by atoms with E-state index in [4.69, 9.17) is 32.2 Å². The van der Waals surface area contributed by atoms with E-state index in [9.17, 15) is 14.4 Å². The standard InChI is InChI=1S/C5H10N2O3.C5H11NO2S.CH4N2O/c6-3(5(9)10)1-2-4(7)8;1-9-3-2-4(6)5(7)8;2-1(3)4/h3H,1-2,6H2,(H2,7,8)(H,9,10);4H,2-3,6H2,1H3,(H,7,8);(H4,2,3,4). The molecule has 0 bridgehead atoms. The van der Waals surface area contributed by atoms with E-state index in [1.54, 1.807) is 11.8 Å². The first-order valence-electron chi connectivity index (χ1n) is 6.24. The van der Waals surface area contributed by atoms with Crippen molar-refractivity contribution in [3.05, 3.63) is 0 Å². The molecular formula is C11H25N5O6S. The van der Waals surface area contributed by atoms with Gasteiger partial charge >= 0.3 is 18.0 Å². The van der Waals surface area contributed by atoms with E-state index < -0.39 is 36.0 Å². The predicted molar refractivity (Wildman–Crippen MR) is 86.4 cm³/mol. The lowest BCUT2D eigenvalue weighted by Gasteiger charge is -2.02. The van der Waals surface area contributed by atoms with Gasteiger partial charge in [-0.15, -0.1) is 0 Å². The quantitative estimate of drug-likeness (QED) is 0.250. The molecule has 0 fully saturated rings. The minimum absolute atomic E-state index is 0.0213. The number of primary amides is 3. The maximum atomic E-state index is 10.1. The van der Waals surface area contributed by atoms with Crippen molar-refractivity contribution in [1.29, 1.82) is 0 Å². The maximum absolute atomic E-state index is 10.1. The van der Waals surface area contributed by atoms with Crippen molar-refractivity contribution < 1.29 is 29.4 Å². The molecule has 0 aromatic carbocycles. The van der Waals surface area contributed by atoms with Crippen LogP contribution in [0.25, 0.3) is 0 Å². The lowest BCUT2D eigenvalue weighted by Crippen LogP contribution is -2.31. The highest BCUT2D eigenvalue weighted by molar-refractivity contribution is 7.98. The molecule has 0 aliphatic rings. The average molecular weight is 355 g/mol. The van der Waals surface area contributed by atoms with Crippen molar-refractivity contribution in [2.75, 3.05) is 12.0 Å². The number of carbonyl (C=O) groups excluding carboxylic acids is 2. The summed E-state index contributed by atoms with van der Waals surface area (Å²) in [7, 11) is 0. The molecule has 11 nitrogen and oxygen atoms in total. The number of rotatable bonds is 8. The van der Waals surface area contributed by atoms with E-state index in [1.165, 1.54) is 0 Å². The van der Waals surface area contributed by atoms with Crippen LogP contribution in [0.2, 0.25) is 0 Å². The van der Waals surface area contributed by atoms with Gasteiger partial charge in [-0.2, -0.15) is 11.8 Å². The Balaban J connectivity index is -0.000000284. The van der Waals surface area contributed by atoms with Gasteiger partial charge in [-0.3, -0.25) is 14.4 Å². The molecular weight excluding hydrogens is 330 g/mol. The Labute approximate surface area is 137 Å². The van der Waals surface area contributed by atoms with Gasteiger partial charge in [-0.1, -0.05) is 0 Å². The Hall–Kier alpha value is -2.05. The Kier molecular flexibility index (Phi) is 18.4. The number of aliphatic carboxylic acids is 2. The van der Waals surface area contributed by atoms with E-state index in [2.05, 4.69) is 11.5 Å². The van der Waals surface area contributed by atoms with Gasteiger partial charge in [0.25, 0.3) is 0 Å². The second-order valence-corrected chi connectivity index (χ2v) is 5.06. The van der Waals surface area contributed by atoms with Crippen molar-refractivity contribution in [1.82, 2.24) is 0 Å². The molecule has 23 heavy (non-hydrogen) atoms. The summed E-state index contributed by atoms with van der Waals surface area (Å²) in [6, 6.07) is -2.50. The first-order valence-corrected chi connectivity index (χ1v) is 7.63. The molecule has 0 aromatic rings. The van der Waals surface area contributed by atoms with Gasteiger partial charge in [0, 0.05) is 6.42 Å². The Bertz CT molecular complexity index is 378. The summed E-state index contributed by atoms with van der Waals surface area (Å²) < 4.78 is 0. The van der Waals surface area contributed by atoms with Gasteiger partial charge in [-0.05, 0) is 24.9 Å². The number of hydrogen-bond donors (Lipinski definition) is 7. The van der Waals surface area contributed by atoms with E-state index in [1.807, 2.05) is 6.26 Å². The smallest absolute Gasteiger partial charge is 0.320 e. The minimum Gasteiger partial charge on any atom is -0.480 e. The van der Waals surface area contributed by atoms with Crippen LogP contribution in [0.3, 0.4) is 0 Å². The van der Waals surface area contributed by atoms with E-state index >= 15 is 0 Å². The number of amides is 3. The Morgan fingerprint density at radius 3 is 1.52 bits per heavy atom. The molecule has 0 spiro atoms. The predicted octanol–water partition coefficient (Wildman–Crippen LogP) is -2.16. The first kappa shape index (κ1) is 25.9. The molecule has 0 aromatic heterocycles. The average Bonchev–Trinajstić information content (AvgIpc) is 2.41. The number of carboxylic acid groups (broad SMARTS) is 2. The zero-order chi connectivity index (χ0) is 19.0. The number of hydrogen-bond acceptors (Lipinski definition) is 7. The van der Waals surface area contributed by atoms with Crippen molar-refractivity contribution in [3.8, 4) is 0 Å². The van der Waals surface area contributed by atoms with Crippen LogP contribution in [0, 0.1) is 0 Å². The topological polar surface area (TPSA) is 239 Å². The zero-order valence-corrected chi connectivity index (χ0v) is 13.6. The van der Waals surface area contributed by atoms with Crippen LogP contribution in [-0.4, -0.2) is 58.2 Å². The number of carboxylic acids is 2. The van der Waals surface area contributed by atoms with Crippen molar-refractivity contribution in [3.63, 3.8) is 0 Å². The highest BCUT2D eigenvalue weighted by Crippen LogP contribution is 1.97. The minimum atomic E-state index is -1.11. The van der Waals surface area contributed by atoms with Gasteiger partial charge in [0.15, 0.2) is 0 Å². The van der Waals surface area contributed by atoms with Gasteiger partial charge in [-0.25, -0.2) is 4.79 Å². The second-order valence-electron chi connectivity index (χ2n) is 4.08. The largest absolute Gasteiger partial charge is 0.480 e. The summed E-state index contributed by atoms with van der Waals surface area (Å²) in [6.45, 7) is 0. The highest BCUT2D eigenvalue weighted by atomic mass is 32.2.